The van der Waals surface area contributed by atoms with Crippen molar-refractivity contribution in [3.63, 3.8) is 0 Å². The van der Waals surface area contributed by atoms with Gasteiger partial charge in [0.05, 0.1) is 23.9 Å². The largest absolute Gasteiger partial charge is 0.497 e. The van der Waals surface area contributed by atoms with Crippen LogP contribution in [0.25, 0.3) is 0 Å². The van der Waals surface area contributed by atoms with E-state index in [4.69, 9.17) is 4.74 Å². The van der Waals surface area contributed by atoms with E-state index in [1.807, 2.05) is 31.2 Å². The van der Waals surface area contributed by atoms with Gasteiger partial charge >= 0.3 is 0 Å². The van der Waals surface area contributed by atoms with Gasteiger partial charge in [-0.3, -0.25) is 0 Å². The highest BCUT2D eigenvalue weighted by atomic mass is 32.1. The Hall–Kier alpha value is -1.39. The van der Waals surface area contributed by atoms with Crippen molar-refractivity contribution >= 4 is 11.3 Å². The summed E-state index contributed by atoms with van der Waals surface area (Å²) in [5.41, 5.74) is 2.14. The zero-order chi connectivity index (χ0) is 13.8. The van der Waals surface area contributed by atoms with Crippen LogP contribution in [0, 0.1) is 13.8 Å². The smallest absolute Gasteiger partial charge is 0.119 e. The predicted molar refractivity (Wildman–Crippen MR) is 78.0 cm³/mol. The van der Waals surface area contributed by atoms with Gasteiger partial charge in [-0.25, -0.2) is 4.98 Å². The predicted octanol–water partition coefficient (Wildman–Crippen LogP) is 2.91. The number of thiazole rings is 1. The van der Waals surface area contributed by atoms with E-state index >= 15 is 0 Å². The van der Waals surface area contributed by atoms with E-state index in [0.29, 0.717) is 12.8 Å². The maximum absolute atomic E-state index is 10.1. The van der Waals surface area contributed by atoms with Gasteiger partial charge in [0.15, 0.2) is 0 Å². The first-order chi connectivity index (χ1) is 9.08. The molecule has 0 saturated carbocycles. The summed E-state index contributed by atoms with van der Waals surface area (Å²) in [7, 11) is 1.65. The van der Waals surface area contributed by atoms with Crippen molar-refractivity contribution in [3.8, 4) is 5.75 Å². The molecule has 19 heavy (non-hydrogen) atoms. The number of rotatable bonds is 5. The van der Waals surface area contributed by atoms with Gasteiger partial charge in [0, 0.05) is 11.3 Å². The minimum absolute atomic E-state index is 0.406. The van der Waals surface area contributed by atoms with Gasteiger partial charge in [0.1, 0.15) is 5.75 Å². The van der Waals surface area contributed by atoms with Gasteiger partial charge in [0.2, 0.25) is 0 Å². The number of aryl methyl sites for hydroxylation is 2. The molecule has 0 fully saturated rings. The molecule has 2 aromatic rings. The van der Waals surface area contributed by atoms with Crippen molar-refractivity contribution in [2.24, 2.45) is 0 Å². The minimum Gasteiger partial charge on any atom is -0.497 e. The maximum Gasteiger partial charge on any atom is 0.119 e. The Bertz CT molecular complexity index is 531. The van der Waals surface area contributed by atoms with E-state index in [1.165, 1.54) is 4.88 Å². The van der Waals surface area contributed by atoms with Gasteiger partial charge in [-0.2, -0.15) is 0 Å². The quantitative estimate of drug-likeness (QED) is 0.913. The number of hydrogen-bond donors (Lipinski definition) is 1. The van der Waals surface area contributed by atoms with E-state index in [1.54, 1.807) is 18.4 Å². The molecule has 0 bridgehead atoms. The van der Waals surface area contributed by atoms with Crippen LogP contribution in [-0.4, -0.2) is 23.3 Å². The summed E-state index contributed by atoms with van der Waals surface area (Å²) in [6, 6.07) is 7.81. The highest BCUT2D eigenvalue weighted by Gasteiger charge is 2.11. The van der Waals surface area contributed by atoms with Crippen molar-refractivity contribution in [1.29, 1.82) is 0 Å². The van der Waals surface area contributed by atoms with Crippen LogP contribution in [0.5, 0.6) is 5.75 Å². The van der Waals surface area contributed by atoms with E-state index in [-0.39, 0.29) is 0 Å². The molecule has 0 aliphatic rings. The number of methoxy groups -OCH3 is 1. The zero-order valence-electron chi connectivity index (χ0n) is 11.5. The van der Waals surface area contributed by atoms with Gasteiger partial charge in [-0.15, -0.1) is 11.3 Å². The molecule has 1 heterocycles. The minimum atomic E-state index is -0.406. The lowest BCUT2D eigenvalue weighted by molar-refractivity contribution is 0.175. The molecule has 1 unspecified atom stereocenters. The van der Waals surface area contributed by atoms with Crippen LogP contribution in [0.15, 0.2) is 24.3 Å². The topological polar surface area (TPSA) is 42.4 Å². The van der Waals surface area contributed by atoms with Crippen LogP contribution in [0.2, 0.25) is 0 Å². The van der Waals surface area contributed by atoms with Crippen LogP contribution in [0.1, 0.15) is 21.1 Å². The first kappa shape index (κ1) is 14.0. The third-order valence-electron chi connectivity index (χ3n) is 3.09. The monoisotopic (exact) mass is 277 g/mol. The van der Waals surface area contributed by atoms with Crippen molar-refractivity contribution in [3.05, 3.63) is 45.4 Å². The molecular formula is C15H19NO2S. The van der Waals surface area contributed by atoms with Gasteiger partial charge in [-0.1, -0.05) is 12.1 Å². The average Bonchev–Trinajstić information content (AvgIpc) is 2.68. The molecule has 1 aromatic carbocycles. The van der Waals surface area contributed by atoms with Crippen LogP contribution in [0.4, 0.5) is 0 Å². The fourth-order valence-electron chi connectivity index (χ4n) is 1.97. The second kappa shape index (κ2) is 6.17. The van der Waals surface area contributed by atoms with Crippen molar-refractivity contribution in [2.75, 3.05) is 7.11 Å². The van der Waals surface area contributed by atoms with E-state index in [9.17, 15) is 5.11 Å². The van der Waals surface area contributed by atoms with Gasteiger partial charge < -0.3 is 9.84 Å². The fourth-order valence-corrected chi connectivity index (χ4v) is 2.98. The summed E-state index contributed by atoms with van der Waals surface area (Å²) in [4.78, 5) is 5.68. The van der Waals surface area contributed by atoms with E-state index < -0.39 is 6.10 Å². The molecular weight excluding hydrogens is 258 g/mol. The molecule has 0 aliphatic heterocycles. The van der Waals surface area contributed by atoms with Gasteiger partial charge in [0.25, 0.3) is 0 Å². The number of aromatic nitrogens is 1. The lowest BCUT2D eigenvalue weighted by atomic mass is 10.1. The van der Waals surface area contributed by atoms with Crippen molar-refractivity contribution in [1.82, 2.24) is 4.98 Å². The number of aliphatic hydroxyl groups is 1. The Labute approximate surface area is 117 Å². The standard InChI is InChI=1S/C15H19NO2S/c1-10-11(2)19-15(16-10)9-13(17)7-12-5-4-6-14(8-12)18-3/h4-6,8,13,17H,7,9H2,1-3H3. The second-order valence-electron chi connectivity index (χ2n) is 4.66. The Balaban J connectivity index is 1.98. The summed E-state index contributed by atoms with van der Waals surface area (Å²) in [5.74, 6) is 0.825. The van der Waals surface area contributed by atoms with Gasteiger partial charge in [-0.05, 0) is 38.0 Å². The Morgan fingerprint density at radius 2 is 2.11 bits per heavy atom. The first-order valence-electron chi connectivity index (χ1n) is 6.32. The normalized spacial score (nSPS) is 12.4. The lowest BCUT2D eigenvalue weighted by Gasteiger charge is -2.09. The molecule has 0 aliphatic carbocycles. The van der Waals surface area contributed by atoms with Crippen LogP contribution < -0.4 is 4.74 Å². The first-order valence-corrected chi connectivity index (χ1v) is 7.14. The summed E-state index contributed by atoms with van der Waals surface area (Å²) >= 11 is 1.67. The molecule has 0 radical (unpaired) electrons. The Kier molecular flexibility index (Phi) is 4.56. The van der Waals surface area contributed by atoms with E-state index in [0.717, 1.165) is 22.0 Å². The van der Waals surface area contributed by atoms with Crippen LogP contribution in [0.3, 0.4) is 0 Å². The molecule has 1 N–H and O–H groups in total. The average molecular weight is 277 g/mol. The number of nitrogens with zero attached hydrogens (tertiary/aromatic N) is 1. The molecule has 3 nitrogen and oxygen atoms in total. The summed E-state index contributed by atoms with van der Waals surface area (Å²) < 4.78 is 5.18. The maximum atomic E-state index is 10.1. The van der Waals surface area contributed by atoms with Crippen molar-refractivity contribution in [2.45, 2.75) is 32.8 Å². The number of benzene rings is 1. The van der Waals surface area contributed by atoms with Crippen LogP contribution >= 0.6 is 11.3 Å². The molecule has 2 rings (SSSR count). The molecule has 0 saturated heterocycles. The summed E-state index contributed by atoms with van der Waals surface area (Å²) in [6.45, 7) is 4.06. The number of ether oxygens (including phenoxy) is 1. The van der Waals surface area contributed by atoms with Crippen LogP contribution in [-0.2, 0) is 12.8 Å². The molecule has 4 heteroatoms. The molecule has 102 valence electrons. The number of aliphatic hydroxyl groups excluding tert-OH is 1. The highest BCUT2D eigenvalue weighted by Crippen LogP contribution is 2.20. The summed E-state index contributed by atoms with van der Waals surface area (Å²) in [5, 5.41) is 11.2. The highest BCUT2D eigenvalue weighted by molar-refractivity contribution is 7.11. The Morgan fingerprint density at radius 1 is 1.32 bits per heavy atom. The summed E-state index contributed by atoms with van der Waals surface area (Å²) in [6.07, 6.45) is 0.822. The second-order valence-corrected chi connectivity index (χ2v) is 5.95. The third-order valence-corrected chi connectivity index (χ3v) is 4.18. The SMILES string of the molecule is COc1cccc(CC(O)Cc2nc(C)c(C)s2)c1. The molecule has 0 spiro atoms. The number of hydrogen-bond acceptors (Lipinski definition) is 4. The molecule has 0 amide bonds. The fraction of sp³-hybridized carbons (Fsp3) is 0.400. The Morgan fingerprint density at radius 3 is 2.74 bits per heavy atom. The molecule has 1 atom stereocenters. The third kappa shape index (κ3) is 3.78. The zero-order valence-corrected chi connectivity index (χ0v) is 12.3. The van der Waals surface area contributed by atoms with Crippen molar-refractivity contribution < 1.29 is 9.84 Å². The van der Waals surface area contributed by atoms with E-state index in [2.05, 4.69) is 11.9 Å². The molecule has 1 aromatic heterocycles. The lowest BCUT2D eigenvalue weighted by Crippen LogP contribution is -2.13.